The highest BCUT2D eigenvalue weighted by molar-refractivity contribution is 6.28. The second kappa shape index (κ2) is 5.79. The Bertz CT molecular complexity index is 1030. The fraction of sp³-hybridized carbons (Fsp3) is 0. The summed E-state index contributed by atoms with van der Waals surface area (Å²) in [5, 5.41) is 2.74. The van der Waals surface area contributed by atoms with Crippen molar-refractivity contribution < 1.29 is 14.4 Å². The van der Waals surface area contributed by atoms with Gasteiger partial charge in [0.25, 0.3) is 5.91 Å². The standard InChI is InChI=1S/C20H12N2O3/c23-18-14-3-1-2-4-15(14)19(24)17-11-13(5-6-16(17)18)22-20(25)12-7-9-21-10-8-12/h1-11H,(H,22,25). The average Bonchev–Trinajstić information content (AvgIpc) is 2.67. The first-order valence-electron chi connectivity index (χ1n) is 7.69. The number of rotatable bonds is 2. The van der Waals surface area contributed by atoms with E-state index in [1.54, 1.807) is 54.6 Å². The summed E-state index contributed by atoms with van der Waals surface area (Å²) in [4.78, 5) is 41.4. The van der Waals surface area contributed by atoms with Gasteiger partial charge in [-0.3, -0.25) is 19.4 Å². The third-order valence-corrected chi connectivity index (χ3v) is 4.13. The normalized spacial score (nSPS) is 12.3. The number of pyridine rings is 1. The van der Waals surface area contributed by atoms with Gasteiger partial charge in [-0.2, -0.15) is 0 Å². The fourth-order valence-electron chi connectivity index (χ4n) is 2.88. The van der Waals surface area contributed by atoms with E-state index in [2.05, 4.69) is 10.3 Å². The molecule has 0 bridgehead atoms. The summed E-state index contributed by atoms with van der Waals surface area (Å²) < 4.78 is 0. The first-order chi connectivity index (χ1) is 12.1. The van der Waals surface area contributed by atoms with Crippen LogP contribution in [0.4, 0.5) is 5.69 Å². The molecule has 25 heavy (non-hydrogen) atoms. The van der Waals surface area contributed by atoms with Gasteiger partial charge in [0.05, 0.1) is 0 Å². The first-order valence-corrected chi connectivity index (χ1v) is 7.69. The maximum atomic E-state index is 12.7. The van der Waals surface area contributed by atoms with Crippen LogP contribution in [-0.4, -0.2) is 22.5 Å². The maximum absolute atomic E-state index is 12.7. The molecule has 0 unspecified atom stereocenters. The number of aromatic nitrogens is 1. The van der Waals surface area contributed by atoms with Crippen molar-refractivity contribution in [2.45, 2.75) is 0 Å². The highest BCUT2D eigenvalue weighted by atomic mass is 16.2. The molecule has 0 aliphatic heterocycles. The number of anilines is 1. The summed E-state index contributed by atoms with van der Waals surface area (Å²) in [7, 11) is 0. The molecule has 0 spiro atoms. The molecule has 1 aliphatic carbocycles. The van der Waals surface area contributed by atoms with Crippen molar-refractivity contribution in [1.82, 2.24) is 4.98 Å². The number of nitrogens with one attached hydrogen (secondary N) is 1. The van der Waals surface area contributed by atoms with Crippen LogP contribution in [0, 0.1) is 0 Å². The third-order valence-electron chi connectivity index (χ3n) is 4.13. The van der Waals surface area contributed by atoms with Gasteiger partial charge in [0.15, 0.2) is 11.6 Å². The van der Waals surface area contributed by atoms with Crippen molar-refractivity contribution in [2.24, 2.45) is 0 Å². The number of hydrogen-bond donors (Lipinski definition) is 1. The molecule has 5 nitrogen and oxygen atoms in total. The maximum Gasteiger partial charge on any atom is 0.255 e. The predicted molar refractivity (Wildman–Crippen MR) is 91.9 cm³/mol. The van der Waals surface area contributed by atoms with Gasteiger partial charge < -0.3 is 5.32 Å². The van der Waals surface area contributed by atoms with Crippen molar-refractivity contribution in [3.63, 3.8) is 0 Å². The number of carbonyl (C=O) groups is 3. The third kappa shape index (κ3) is 2.52. The molecule has 0 fully saturated rings. The van der Waals surface area contributed by atoms with Gasteiger partial charge in [-0.15, -0.1) is 0 Å². The lowest BCUT2D eigenvalue weighted by Crippen LogP contribution is -2.21. The quantitative estimate of drug-likeness (QED) is 0.613. The summed E-state index contributed by atoms with van der Waals surface area (Å²) in [6, 6.07) is 14.7. The van der Waals surface area contributed by atoms with Crippen molar-refractivity contribution in [2.75, 3.05) is 5.32 Å². The van der Waals surface area contributed by atoms with E-state index in [1.165, 1.54) is 12.4 Å². The minimum atomic E-state index is -0.308. The van der Waals surface area contributed by atoms with Crippen molar-refractivity contribution in [1.29, 1.82) is 0 Å². The molecule has 4 rings (SSSR count). The average molecular weight is 328 g/mol. The molecular formula is C20H12N2O3. The Hall–Kier alpha value is -3.60. The van der Waals surface area contributed by atoms with Crippen LogP contribution in [0.5, 0.6) is 0 Å². The zero-order chi connectivity index (χ0) is 17.4. The van der Waals surface area contributed by atoms with Gasteiger partial charge in [-0.25, -0.2) is 0 Å². The highest BCUT2D eigenvalue weighted by Crippen LogP contribution is 2.29. The molecule has 1 N–H and O–H groups in total. The van der Waals surface area contributed by atoms with E-state index in [0.29, 0.717) is 33.5 Å². The Morgan fingerprint density at radius 1 is 0.760 bits per heavy atom. The van der Waals surface area contributed by atoms with Crippen LogP contribution in [0.1, 0.15) is 42.2 Å². The van der Waals surface area contributed by atoms with Crippen molar-refractivity contribution in [3.8, 4) is 0 Å². The number of amides is 1. The molecule has 0 saturated heterocycles. The molecule has 5 heteroatoms. The van der Waals surface area contributed by atoms with Gasteiger partial charge in [0, 0.05) is 45.9 Å². The number of ketones is 2. The van der Waals surface area contributed by atoms with Crippen LogP contribution in [0.2, 0.25) is 0 Å². The van der Waals surface area contributed by atoms with Crippen LogP contribution in [0.25, 0.3) is 0 Å². The minimum absolute atomic E-state index is 0.183. The number of nitrogens with zero attached hydrogens (tertiary/aromatic N) is 1. The molecule has 1 amide bonds. The van der Waals surface area contributed by atoms with Gasteiger partial charge in [0.1, 0.15) is 0 Å². The number of carbonyl (C=O) groups excluding carboxylic acids is 3. The molecule has 2 aromatic carbocycles. The Labute approximate surface area is 143 Å². The summed E-state index contributed by atoms with van der Waals surface area (Å²) in [6.07, 6.45) is 3.06. The van der Waals surface area contributed by atoms with Crippen LogP contribution >= 0.6 is 0 Å². The van der Waals surface area contributed by atoms with Crippen LogP contribution < -0.4 is 5.32 Å². The number of fused-ring (bicyclic) bond motifs is 2. The van der Waals surface area contributed by atoms with Gasteiger partial charge in [-0.1, -0.05) is 24.3 Å². The molecule has 1 aliphatic rings. The van der Waals surface area contributed by atoms with Crippen LogP contribution in [-0.2, 0) is 0 Å². The lowest BCUT2D eigenvalue weighted by atomic mass is 9.84. The molecule has 3 aromatic rings. The van der Waals surface area contributed by atoms with E-state index in [-0.39, 0.29) is 17.5 Å². The second-order valence-corrected chi connectivity index (χ2v) is 5.65. The SMILES string of the molecule is O=C(Nc1ccc2c(c1)C(=O)c1ccccc1C2=O)c1ccncc1. The molecule has 1 heterocycles. The lowest BCUT2D eigenvalue weighted by molar-refractivity contribution is 0.0979. The lowest BCUT2D eigenvalue weighted by Gasteiger charge is -2.18. The van der Waals surface area contributed by atoms with Crippen LogP contribution in [0.3, 0.4) is 0 Å². The fourth-order valence-corrected chi connectivity index (χ4v) is 2.88. The summed E-state index contributed by atoms with van der Waals surface area (Å²) in [5.74, 6) is -0.709. The van der Waals surface area contributed by atoms with Gasteiger partial charge in [0.2, 0.25) is 0 Å². The van der Waals surface area contributed by atoms with E-state index < -0.39 is 0 Å². The highest BCUT2D eigenvalue weighted by Gasteiger charge is 2.29. The van der Waals surface area contributed by atoms with Gasteiger partial charge in [-0.05, 0) is 30.3 Å². The second-order valence-electron chi connectivity index (χ2n) is 5.65. The Balaban J connectivity index is 1.70. The zero-order valence-corrected chi connectivity index (χ0v) is 13.0. The van der Waals surface area contributed by atoms with E-state index >= 15 is 0 Å². The molecule has 0 radical (unpaired) electrons. The van der Waals surface area contributed by atoms with E-state index in [4.69, 9.17) is 0 Å². The summed E-state index contributed by atoms with van der Waals surface area (Å²) in [6.45, 7) is 0. The van der Waals surface area contributed by atoms with E-state index in [1.807, 2.05) is 0 Å². The smallest absolute Gasteiger partial charge is 0.255 e. The zero-order valence-electron chi connectivity index (χ0n) is 13.0. The number of benzene rings is 2. The Morgan fingerprint density at radius 3 is 2.04 bits per heavy atom. The Morgan fingerprint density at radius 2 is 1.36 bits per heavy atom. The minimum Gasteiger partial charge on any atom is -0.322 e. The van der Waals surface area contributed by atoms with Crippen molar-refractivity contribution >= 4 is 23.2 Å². The molecular weight excluding hydrogens is 316 g/mol. The number of hydrogen-bond acceptors (Lipinski definition) is 4. The molecule has 0 atom stereocenters. The predicted octanol–water partition coefficient (Wildman–Crippen LogP) is 3.11. The van der Waals surface area contributed by atoms with Crippen LogP contribution in [0.15, 0.2) is 67.0 Å². The van der Waals surface area contributed by atoms with Gasteiger partial charge >= 0.3 is 0 Å². The molecule has 0 saturated carbocycles. The Kier molecular flexibility index (Phi) is 3.47. The summed E-state index contributed by atoms with van der Waals surface area (Å²) >= 11 is 0. The largest absolute Gasteiger partial charge is 0.322 e. The topological polar surface area (TPSA) is 76.1 Å². The molecule has 120 valence electrons. The first kappa shape index (κ1) is 15.0. The van der Waals surface area contributed by atoms with E-state index in [0.717, 1.165) is 0 Å². The summed E-state index contributed by atoms with van der Waals surface area (Å²) in [5.41, 5.74) is 2.37. The van der Waals surface area contributed by atoms with Crippen molar-refractivity contribution in [3.05, 3.63) is 94.8 Å². The van der Waals surface area contributed by atoms with E-state index in [9.17, 15) is 14.4 Å². The molecule has 1 aromatic heterocycles. The monoisotopic (exact) mass is 328 g/mol.